The highest BCUT2D eigenvalue weighted by molar-refractivity contribution is 5.46. The Morgan fingerprint density at radius 1 is 1.33 bits per heavy atom. The first kappa shape index (κ1) is 11.6. The summed E-state index contributed by atoms with van der Waals surface area (Å²) < 4.78 is 26.4. The zero-order valence-corrected chi connectivity index (χ0v) is 8.47. The van der Waals surface area contributed by atoms with E-state index in [4.69, 9.17) is 0 Å². The van der Waals surface area contributed by atoms with Crippen LogP contribution >= 0.6 is 0 Å². The number of amides is 1. The Morgan fingerprint density at radius 2 is 1.93 bits per heavy atom. The van der Waals surface area contributed by atoms with Crippen molar-refractivity contribution in [3.63, 3.8) is 0 Å². The number of rotatable bonds is 5. The Morgan fingerprint density at radius 3 is 2.40 bits per heavy atom. The molecule has 1 aromatic rings. The van der Waals surface area contributed by atoms with Crippen molar-refractivity contribution in [1.82, 2.24) is 5.32 Å². The standard InChI is InChI=1S/C11H13F2NO/c1-2-11(12,13)10-5-3-9(4-6-10)7-14-8-15/h3-6,8H,2,7H2,1H3,(H,14,15). The molecule has 1 aromatic carbocycles. The van der Waals surface area contributed by atoms with E-state index in [-0.39, 0.29) is 12.0 Å². The minimum atomic E-state index is -2.77. The summed E-state index contributed by atoms with van der Waals surface area (Å²) in [5.74, 6) is -2.77. The van der Waals surface area contributed by atoms with E-state index in [1.165, 1.54) is 19.1 Å². The summed E-state index contributed by atoms with van der Waals surface area (Å²) in [6.07, 6.45) is 0.369. The fourth-order valence-corrected chi connectivity index (χ4v) is 1.23. The Bertz CT molecular complexity index is 322. The molecule has 0 atom stereocenters. The number of alkyl halides is 2. The van der Waals surface area contributed by atoms with Crippen molar-refractivity contribution in [1.29, 1.82) is 0 Å². The van der Waals surface area contributed by atoms with Gasteiger partial charge in [-0.15, -0.1) is 0 Å². The van der Waals surface area contributed by atoms with E-state index in [0.717, 1.165) is 5.56 Å². The van der Waals surface area contributed by atoms with Crippen LogP contribution in [-0.4, -0.2) is 6.41 Å². The molecule has 0 spiro atoms. The minimum Gasteiger partial charge on any atom is -0.355 e. The number of carbonyl (C=O) groups excluding carboxylic acids is 1. The van der Waals surface area contributed by atoms with Crippen molar-refractivity contribution in [2.45, 2.75) is 25.8 Å². The molecule has 0 aromatic heterocycles. The molecule has 1 amide bonds. The first-order chi connectivity index (χ1) is 7.10. The van der Waals surface area contributed by atoms with Gasteiger partial charge < -0.3 is 5.32 Å². The number of nitrogens with one attached hydrogen (secondary N) is 1. The molecule has 0 saturated carbocycles. The number of benzene rings is 1. The second kappa shape index (κ2) is 4.87. The van der Waals surface area contributed by atoms with Crippen LogP contribution in [0.4, 0.5) is 8.78 Å². The zero-order chi connectivity index (χ0) is 11.3. The van der Waals surface area contributed by atoms with Crippen LogP contribution in [0, 0.1) is 0 Å². The summed E-state index contributed by atoms with van der Waals surface area (Å²) in [6, 6.07) is 5.97. The predicted molar refractivity (Wildman–Crippen MR) is 53.5 cm³/mol. The lowest BCUT2D eigenvalue weighted by Gasteiger charge is -2.14. The summed E-state index contributed by atoms with van der Waals surface area (Å²) in [7, 11) is 0. The molecular formula is C11H13F2NO. The van der Waals surface area contributed by atoms with Gasteiger partial charge in [0.1, 0.15) is 0 Å². The lowest BCUT2D eigenvalue weighted by atomic mass is 10.0. The van der Waals surface area contributed by atoms with Gasteiger partial charge in [0.2, 0.25) is 6.41 Å². The normalized spacial score (nSPS) is 11.1. The van der Waals surface area contributed by atoms with Crippen LogP contribution in [0.5, 0.6) is 0 Å². The molecule has 0 radical (unpaired) electrons. The SMILES string of the molecule is CCC(F)(F)c1ccc(CNC=O)cc1. The van der Waals surface area contributed by atoms with Gasteiger partial charge in [-0.2, -0.15) is 0 Å². The molecule has 1 N–H and O–H groups in total. The zero-order valence-electron chi connectivity index (χ0n) is 8.47. The van der Waals surface area contributed by atoms with Gasteiger partial charge in [-0.05, 0) is 5.56 Å². The molecule has 2 nitrogen and oxygen atoms in total. The van der Waals surface area contributed by atoms with Gasteiger partial charge in [-0.25, -0.2) is 8.78 Å². The highest BCUT2D eigenvalue weighted by atomic mass is 19.3. The van der Waals surface area contributed by atoms with Gasteiger partial charge in [0.15, 0.2) is 0 Å². The molecule has 0 aliphatic carbocycles. The van der Waals surface area contributed by atoms with Gasteiger partial charge >= 0.3 is 0 Å². The third-order valence-corrected chi connectivity index (χ3v) is 2.21. The van der Waals surface area contributed by atoms with Crippen LogP contribution in [0.3, 0.4) is 0 Å². The highest BCUT2D eigenvalue weighted by Crippen LogP contribution is 2.31. The molecule has 0 saturated heterocycles. The first-order valence-electron chi connectivity index (χ1n) is 4.74. The molecular weight excluding hydrogens is 200 g/mol. The van der Waals surface area contributed by atoms with Crippen LogP contribution in [0.2, 0.25) is 0 Å². The molecule has 0 aliphatic rings. The van der Waals surface area contributed by atoms with E-state index in [2.05, 4.69) is 5.32 Å². The summed E-state index contributed by atoms with van der Waals surface area (Å²) in [4.78, 5) is 10.0. The van der Waals surface area contributed by atoms with Gasteiger partial charge in [0.25, 0.3) is 5.92 Å². The van der Waals surface area contributed by atoms with Crippen molar-refractivity contribution in [3.8, 4) is 0 Å². The highest BCUT2D eigenvalue weighted by Gasteiger charge is 2.28. The quantitative estimate of drug-likeness (QED) is 0.748. The second-order valence-corrected chi connectivity index (χ2v) is 3.25. The summed E-state index contributed by atoms with van der Waals surface area (Å²) in [5.41, 5.74) is 0.817. The summed E-state index contributed by atoms with van der Waals surface area (Å²) in [5, 5.41) is 2.47. The van der Waals surface area contributed by atoms with E-state index < -0.39 is 5.92 Å². The van der Waals surface area contributed by atoms with Gasteiger partial charge in [0, 0.05) is 18.5 Å². The smallest absolute Gasteiger partial charge is 0.273 e. The van der Waals surface area contributed by atoms with Crippen molar-refractivity contribution in [2.24, 2.45) is 0 Å². The third-order valence-electron chi connectivity index (χ3n) is 2.21. The molecule has 15 heavy (non-hydrogen) atoms. The average molecular weight is 213 g/mol. The maximum Gasteiger partial charge on any atom is 0.273 e. The topological polar surface area (TPSA) is 29.1 Å². The monoisotopic (exact) mass is 213 g/mol. The second-order valence-electron chi connectivity index (χ2n) is 3.25. The first-order valence-corrected chi connectivity index (χ1v) is 4.74. The fourth-order valence-electron chi connectivity index (χ4n) is 1.23. The lowest BCUT2D eigenvalue weighted by Crippen LogP contribution is -2.13. The van der Waals surface area contributed by atoms with E-state index in [1.807, 2.05) is 0 Å². The van der Waals surface area contributed by atoms with Crippen LogP contribution in [0.25, 0.3) is 0 Å². The number of hydrogen-bond acceptors (Lipinski definition) is 1. The Kier molecular flexibility index (Phi) is 3.77. The predicted octanol–water partition coefficient (Wildman–Crippen LogP) is 2.43. The van der Waals surface area contributed by atoms with Crippen molar-refractivity contribution in [2.75, 3.05) is 0 Å². The summed E-state index contributed by atoms with van der Waals surface area (Å²) >= 11 is 0. The molecule has 0 fully saturated rings. The Balaban J connectivity index is 2.76. The van der Waals surface area contributed by atoms with Crippen LogP contribution in [-0.2, 0) is 17.3 Å². The van der Waals surface area contributed by atoms with Crippen LogP contribution in [0.1, 0.15) is 24.5 Å². The van der Waals surface area contributed by atoms with Crippen molar-refractivity contribution >= 4 is 6.41 Å². The lowest BCUT2D eigenvalue weighted by molar-refractivity contribution is -0.109. The maximum atomic E-state index is 13.2. The molecule has 0 bridgehead atoms. The van der Waals surface area contributed by atoms with E-state index in [9.17, 15) is 13.6 Å². The minimum absolute atomic E-state index is 0.0138. The molecule has 1 rings (SSSR count). The summed E-state index contributed by atoms with van der Waals surface area (Å²) in [6.45, 7) is 1.81. The number of hydrogen-bond donors (Lipinski definition) is 1. The van der Waals surface area contributed by atoms with Crippen molar-refractivity contribution < 1.29 is 13.6 Å². The molecule has 0 aliphatic heterocycles. The van der Waals surface area contributed by atoms with Crippen molar-refractivity contribution in [3.05, 3.63) is 35.4 Å². The third kappa shape index (κ3) is 3.01. The van der Waals surface area contributed by atoms with Crippen LogP contribution in [0.15, 0.2) is 24.3 Å². The van der Waals surface area contributed by atoms with E-state index in [0.29, 0.717) is 13.0 Å². The van der Waals surface area contributed by atoms with Crippen LogP contribution < -0.4 is 5.32 Å². The number of carbonyl (C=O) groups is 1. The number of halogens is 2. The van der Waals surface area contributed by atoms with Gasteiger partial charge in [-0.3, -0.25) is 4.79 Å². The Labute approximate surface area is 87.3 Å². The molecule has 4 heteroatoms. The Hall–Kier alpha value is -1.45. The molecule has 82 valence electrons. The van der Waals surface area contributed by atoms with E-state index in [1.54, 1.807) is 12.1 Å². The van der Waals surface area contributed by atoms with Gasteiger partial charge in [-0.1, -0.05) is 31.2 Å². The van der Waals surface area contributed by atoms with E-state index >= 15 is 0 Å². The maximum absolute atomic E-state index is 13.2. The average Bonchev–Trinajstić information content (AvgIpc) is 2.27. The molecule has 0 unspecified atom stereocenters. The largest absolute Gasteiger partial charge is 0.355 e. The van der Waals surface area contributed by atoms with Gasteiger partial charge in [0.05, 0.1) is 0 Å². The molecule has 0 heterocycles. The fraction of sp³-hybridized carbons (Fsp3) is 0.364.